The molecule has 0 aliphatic carbocycles. The zero-order valence-electron chi connectivity index (χ0n) is 21.0. The Hall–Kier alpha value is -4.08. The van der Waals surface area contributed by atoms with Crippen LogP contribution in [0.25, 0.3) is 10.2 Å². The van der Waals surface area contributed by atoms with Crippen LogP contribution in [0.2, 0.25) is 0 Å². The molecule has 0 radical (unpaired) electrons. The first kappa shape index (κ1) is 25.6. The van der Waals surface area contributed by atoms with Crippen molar-refractivity contribution in [3.63, 3.8) is 0 Å². The molecule has 0 aliphatic rings. The van der Waals surface area contributed by atoms with Crippen LogP contribution in [0.1, 0.15) is 28.5 Å². The number of amides is 1. The summed E-state index contributed by atoms with van der Waals surface area (Å²) in [6, 6.07) is 26.5. The van der Waals surface area contributed by atoms with Crippen LogP contribution in [-0.2, 0) is 23.0 Å². The lowest BCUT2D eigenvalue weighted by molar-refractivity contribution is 0.0984. The van der Waals surface area contributed by atoms with E-state index in [9.17, 15) is 13.2 Å². The van der Waals surface area contributed by atoms with Gasteiger partial charge in [-0.1, -0.05) is 48.6 Å². The van der Waals surface area contributed by atoms with Crippen LogP contribution < -0.4 is 9.21 Å². The predicted molar refractivity (Wildman–Crippen MR) is 152 cm³/mol. The minimum absolute atomic E-state index is 0.101. The summed E-state index contributed by atoms with van der Waals surface area (Å²) in [5.74, 6) is -0.286. The number of aromatic nitrogens is 2. The molecule has 7 nitrogen and oxygen atoms in total. The van der Waals surface area contributed by atoms with Crippen LogP contribution in [0.15, 0.2) is 102 Å². The molecule has 0 bridgehead atoms. The fraction of sp³-hybridized carbons (Fsp3) is 0.138. The number of thiazole rings is 1. The average Bonchev–Trinajstić information content (AvgIpc) is 3.39. The number of fused-ring (bicyclic) bond motifs is 1. The van der Waals surface area contributed by atoms with E-state index in [0.29, 0.717) is 16.4 Å². The number of hydrogen-bond donors (Lipinski definition) is 0. The SMILES string of the molecule is CCc1ccc2nc(N(Cc3ccccn3)C(=O)c3ccc(S(=O)(=O)N(C)c4ccccc4)cc3)sc2c1. The number of anilines is 2. The number of benzene rings is 3. The van der Waals surface area contributed by atoms with Gasteiger partial charge in [0.2, 0.25) is 0 Å². The molecular formula is C29H26N4O3S2. The largest absolute Gasteiger partial charge is 0.278 e. The van der Waals surface area contributed by atoms with Crippen molar-refractivity contribution in [1.82, 2.24) is 9.97 Å². The zero-order valence-corrected chi connectivity index (χ0v) is 22.6. The Kier molecular flexibility index (Phi) is 7.22. The van der Waals surface area contributed by atoms with Gasteiger partial charge in [-0.3, -0.25) is 19.0 Å². The molecular weight excluding hydrogens is 516 g/mol. The molecule has 192 valence electrons. The van der Waals surface area contributed by atoms with E-state index in [1.165, 1.54) is 40.4 Å². The molecule has 3 aromatic carbocycles. The Bertz CT molecular complexity index is 1670. The van der Waals surface area contributed by atoms with E-state index < -0.39 is 10.0 Å². The third kappa shape index (κ3) is 5.16. The van der Waals surface area contributed by atoms with Crippen LogP contribution in [0.4, 0.5) is 10.8 Å². The highest BCUT2D eigenvalue weighted by atomic mass is 32.2. The van der Waals surface area contributed by atoms with E-state index in [4.69, 9.17) is 4.98 Å². The number of carbonyl (C=O) groups excluding carboxylic acids is 1. The molecule has 2 aromatic heterocycles. The molecule has 0 saturated heterocycles. The molecule has 1 amide bonds. The van der Waals surface area contributed by atoms with Crippen molar-refractivity contribution in [1.29, 1.82) is 0 Å². The Labute approximate surface area is 226 Å². The quantitative estimate of drug-likeness (QED) is 0.243. The predicted octanol–water partition coefficient (Wildman–Crippen LogP) is 5.93. The maximum Gasteiger partial charge on any atom is 0.264 e. The van der Waals surface area contributed by atoms with E-state index in [1.54, 1.807) is 47.5 Å². The van der Waals surface area contributed by atoms with E-state index >= 15 is 0 Å². The second-order valence-corrected chi connectivity index (χ2v) is 11.7. The first-order valence-corrected chi connectivity index (χ1v) is 14.4. The minimum atomic E-state index is -3.79. The van der Waals surface area contributed by atoms with E-state index in [2.05, 4.69) is 18.0 Å². The average molecular weight is 543 g/mol. The zero-order chi connectivity index (χ0) is 26.7. The first-order chi connectivity index (χ1) is 18.4. The summed E-state index contributed by atoms with van der Waals surface area (Å²) in [4.78, 5) is 24.6. The van der Waals surface area contributed by atoms with Gasteiger partial charge >= 0.3 is 0 Å². The Morgan fingerprint density at radius 2 is 1.66 bits per heavy atom. The normalized spacial score (nSPS) is 11.4. The molecule has 0 aliphatic heterocycles. The molecule has 0 unspecified atom stereocenters. The van der Waals surface area contributed by atoms with Gasteiger partial charge in [0.1, 0.15) is 0 Å². The molecule has 0 N–H and O–H groups in total. The molecule has 2 heterocycles. The number of aryl methyl sites for hydroxylation is 1. The highest BCUT2D eigenvalue weighted by Crippen LogP contribution is 2.32. The Balaban J connectivity index is 1.47. The van der Waals surface area contributed by atoms with E-state index in [1.807, 2.05) is 36.4 Å². The third-order valence-electron chi connectivity index (χ3n) is 6.25. The fourth-order valence-corrected chi connectivity index (χ4v) is 6.25. The number of carbonyl (C=O) groups is 1. The van der Waals surface area contributed by atoms with Gasteiger partial charge in [-0.2, -0.15) is 0 Å². The van der Waals surface area contributed by atoms with Gasteiger partial charge in [0.15, 0.2) is 5.13 Å². The molecule has 5 rings (SSSR count). The van der Waals surface area contributed by atoms with Gasteiger partial charge in [0, 0.05) is 18.8 Å². The van der Waals surface area contributed by atoms with Gasteiger partial charge < -0.3 is 0 Å². The molecule has 0 saturated carbocycles. The van der Waals surface area contributed by atoms with Crippen molar-refractivity contribution in [3.8, 4) is 0 Å². The number of pyridine rings is 1. The van der Waals surface area contributed by atoms with Gasteiger partial charge in [-0.05, 0) is 72.6 Å². The van der Waals surface area contributed by atoms with Crippen molar-refractivity contribution in [3.05, 3.63) is 114 Å². The number of para-hydroxylation sites is 1. The third-order valence-corrected chi connectivity index (χ3v) is 9.09. The molecule has 9 heteroatoms. The lowest BCUT2D eigenvalue weighted by atomic mass is 10.2. The summed E-state index contributed by atoms with van der Waals surface area (Å²) in [5, 5.41) is 0.560. The van der Waals surface area contributed by atoms with Gasteiger partial charge in [-0.25, -0.2) is 13.4 Å². The maximum atomic E-state index is 13.8. The van der Waals surface area contributed by atoms with E-state index in [-0.39, 0.29) is 17.3 Å². The van der Waals surface area contributed by atoms with Crippen LogP contribution in [0.5, 0.6) is 0 Å². The lowest BCUT2D eigenvalue weighted by Crippen LogP contribution is -2.31. The summed E-state index contributed by atoms with van der Waals surface area (Å²) in [5.41, 5.74) is 3.66. The van der Waals surface area contributed by atoms with Gasteiger partial charge in [0.25, 0.3) is 15.9 Å². The second kappa shape index (κ2) is 10.7. The number of nitrogens with zero attached hydrogens (tertiary/aromatic N) is 4. The Morgan fingerprint density at radius 1 is 0.921 bits per heavy atom. The highest BCUT2D eigenvalue weighted by Gasteiger charge is 2.25. The maximum absolute atomic E-state index is 13.8. The molecule has 0 spiro atoms. The van der Waals surface area contributed by atoms with Gasteiger partial charge in [-0.15, -0.1) is 0 Å². The topological polar surface area (TPSA) is 83.5 Å². The smallest absolute Gasteiger partial charge is 0.264 e. The minimum Gasteiger partial charge on any atom is -0.278 e. The first-order valence-electron chi connectivity index (χ1n) is 12.1. The van der Waals surface area contributed by atoms with Crippen molar-refractivity contribution in [2.45, 2.75) is 24.8 Å². The standard InChI is InChI=1S/C29H26N4O3S2/c1-3-21-12-17-26-27(19-21)37-29(31-26)33(20-23-9-7-8-18-30-23)28(34)22-13-15-25(16-14-22)38(35,36)32(2)24-10-5-4-6-11-24/h4-19H,3,20H2,1-2H3. The summed E-state index contributed by atoms with van der Waals surface area (Å²) in [6.45, 7) is 2.33. The monoisotopic (exact) mass is 542 g/mol. The second-order valence-electron chi connectivity index (χ2n) is 8.70. The van der Waals surface area contributed by atoms with Gasteiger partial charge in [0.05, 0.1) is 33.0 Å². The number of rotatable bonds is 8. The molecule has 5 aromatic rings. The summed E-state index contributed by atoms with van der Waals surface area (Å²) in [7, 11) is -2.28. The summed E-state index contributed by atoms with van der Waals surface area (Å²) < 4.78 is 28.6. The molecule has 38 heavy (non-hydrogen) atoms. The number of sulfonamides is 1. The lowest BCUT2D eigenvalue weighted by Gasteiger charge is -2.21. The Morgan fingerprint density at radius 3 is 2.34 bits per heavy atom. The fourth-order valence-electron chi connectivity index (χ4n) is 4.03. The van der Waals surface area contributed by atoms with Crippen molar-refractivity contribution in [2.24, 2.45) is 0 Å². The van der Waals surface area contributed by atoms with Crippen molar-refractivity contribution >= 4 is 48.3 Å². The van der Waals surface area contributed by atoms with Crippen molar-refractivity contribution < 1.29 is 13.2 Å². The van der Waals surface area contributed by atoms with Crippen LogP contribution in [-0.4, -0.2) is 31.3 Å². The summed E-state index contributed by atoms with van der Waals surface area (Å²) >= 11 is 1.45. The number of hydrogen-bond acceptors (Lipinski definition) is 6. The van der Waals surface area contributed by atoms with E-state index in [0.717, 1.165) is 22.3 Å². The highest BCUT2D eigenvalue weighted by molar-refractivity contribution is 7.92. The van der Waals surface area contributed by atoms with Crippen molar-refractivity contribution in [2.75, 3.05) is 16.3 Å². The van der Waals surface area contributed by atoms with Crippen LogP contribution in [0, 0.1) is 0 Å². The summed E-state index contributed by atoms with van der Waals surface area (Å²) in [6.07, 6.45) is 2.60. The molecule has 0 fully saturated rings. The molecule has 0 atom stereocenters. The van der Waals surface area contributed by atoms with Crippen LogP contribution >= 0.6 is 11.3 Å². The van der Waals surface area contributed by atoms with Crippen LogP contribution in [0.3, 0.4) is 0 Å².